The van der Waals surface area contributed by atoms with Crippen LogP contribution in [0, 0.1) is 0 Å². The van der Waals surface area contributed by atoms with Crippen LogP contribution in [0.25, 0.3) is 0 Å². The van der Waals surface area contributed by atoms with Crippen LogP contribution in [0.1, 0.15) is 54.4 Å². The molecule has 6 nitrogen and oxygen atoms in total. The number of amides is 2. The lowest BCUT2D eigenvalue weighted by Gasteiger charge is -2.35. The van der Waals surface area contributed by atoms with Gasteiger partial charge in [-0.2, -0.15) is 0 Å². The standard InChI is InChI=1S/C16H31N3O3/c1-11(2)19(15(21)22-16(4,5)6)10-13-8-7-9-18(13)14(20)12(3)17/h11-13H,7-10,17H2,1-6H3/t12-,13+/m0/s1. The van der Waals surface area contributed by atoms with Gasteiger partial charge < -0.3 is 20.3 Å². The summed E-state index contributed by atoms with van der Waals surface area (Å²) in [6.07, 6.45) is 1.51. The maximum atomic E-state index is 12.4. The Morgan fingerprint density at radius 1 is 1.32 bits per heavy atom. The average molecular weight is 313 g/mol. The van der Waals surface area contributed by atoms with Crippen LogP contribution in [0.4, 0.5) is 4.79 Å². The molecule has 0 aromatic rings. The second-order valence-electron chi connectivity index (χ2n) is 7.34. The summed E-state index contributed by atoms with van der Waals surface area (Å²) in [5.41, 5.74) is 5.19. The third kappa shape index (κ3) is 5.16. The topological polar surface area (TPSA) is 75.9 Å². The Labute approximate surface area is 134 Å². The van der Waals surface area contributed by atoms with E-state index in [1.54, 1.807) is 11.8 Å². The third-order valence-corrected chi connectivity index (χ3v) is 3.71. The van der Waals surface area contributed by atoms with Gasteiger partial charge in [0.1, 0.15) is 5.60 Å². The van der Waals surface area contributed by atoms with Gasteiger partial charge in [0.05, 0.1) is 6.04 Å². The lowest BCUT2D eigenvalue weighted by molar-refractivity contribution is -0.133. The minimum atomic E-state index is -0.527. The number of carbonyl (C=O) groups excluding carboxylic acids is 2. The number of nitrogens with zero attached hydrogens (tertiary/aromatic N) is 2. The maximum absolute atomic E-state index is 12.4. The lowest BCUT2D eigenvalue weighted by atomic mass is 10.1. The van der Waals surface area contributed by atoms with Crippen molar-refractivity contribution in [2.75, 3.05) is 13.1 Å². The molecule has 2 atom stereocenters. The first-order chi connectivity index (χ1) is 10.0. The predicted molar refractivity (Wildman–Crippen MR) is 86.5 cm³/mol. The van der Waals surface area contributed by atoms with Gasteiger partial charge in [0, 0.05) is 25.2 Å². The van der Waals surface area contributed by atoms with E-state index in [0.29, 0.717) is 13.1 Å². The maximum Gasteiger partial charge on any atom is 0.410 e. The molecule has 0 saturated carbocycles. The van der Waals surface area contributed by atoms with Crippen LogP contribution in [0.5, 0.6) is 0 Å². The van der Waals surface area contributed by atoms with E-state index >= 15 is 0 Å². The molecule has 0 radical (unpaired) electrons. The van der Waals surface area contributed by atoms with Crippen molar-refractivity contribution in [2.24, 2.45) is 5.73 Å². The van der Waals surface area contributed by atoms with Crippen LogP contribution in [-0.2, 0) is 9.53 Å². The van der Waals surface area contributed by atoms with Gasteiger partial charge in [-0.25, -0.2) is 4.79 Å². The van der Waals surface area contributed by atoms with Crippen molar-refractivity contribution in [3.05, 3.63) is 0 Å². The first-order valence-corrected chi connectivity index (χ1v) is 8.08. The van der Waals surface area contributed by atoms with Crippen LogP contribution in [0.15, 0.2) is 0 Å². The van der Waals surface area contributed by atoms with Crippen molar-refractivity contribution in [1.29, 1.82) is 0 Å². The van der Waals surface area contributed by atoms with E-state index in [1.165, 1.54) is 0 Å². The summed E-state index contributed by atoms with van der Waals surface area (Å²) >= 11 is 0. The highest BCUT2D eigenvalue weighted by Crippen LogP contribution is 2.21. The Bertz CT molecular complexity index is 402. The molecule has 2 N–H and O–H groups in total. The zero-order valence-corrected chi connectivity index (χ0v) is 14.8. The normalized spacial score (nSPS) is 20.2. The van der Waals surface area contributed by atoms with Crippen molar-refractivity contribution in [3.8, 4) is 0 Å². The molecule has 1 aliphatic rings. The minimum Gasteiger partial charge on any atom is -0.444 e. The molecule has 0 bridgehead atoms. The molecule has 128 valence electrons. The van der Waals surface area contributed by atoms with Gasteiger partial charge in [-0.05, 0) is 54.4 Å². The summed E-state index contributed by atoms with van der Waals surface area (Å²) in [5, 5.41) is 0. The molecule has 0 unspecified atom stereocenters. The summed E-state index contributed by atoms with van der Waals surface area (Å²) in [6.45, 7) is 12.4. The van der Waals surface area contributed by atoms with E-state index in [2.05, 4.69) is 0 Å². The monoisotopic (exact) mass is 313 g/mol. The number of nitrogens with two attached hydrogens (primary N) is 1. The Hall–Kier alpha value is -1.30. The van der Waals surface area contributed by atoms with Gasteiger partial charge in [0.15, 0.2) is 0 Å². The predicted octanol–water partition coefficient (Wildman–Crippen LogP) is 1.97. The van der Waals surface area contributed by atoms with E-state index in [1.807, 2.05) is 39.5 Å². The largest absolute Gasteiger partial charge is 0.444 e. The molecule has 0 spiro atoms. The average Bonchev–Trinajstić information content (AvgIpc) is 2.79. The molecule has 0 aromatic carbocycles. The quantitative estimate of drug-likeness (QED) is 0.861. The number of carbonyl (C=O) groups is 2. The van der Waals surface area contributed by atoms with Crippen molar-refractivity contribution >= 4 is 12.0 Å². The molecule has 0 aromatic heterocycles. The van der Waals surface area contributed by atoms with Gasteiger partial charge in [-0.15, -0.1) is 0 Å². The number of ether oxygens (including phenoxy) is 1. The minimum absolute atomic E-state index is 0.0164. The van der Waals surface area contributed by atoms with Crippen molar-refractivity contribution in [2.45, 2.75) is 78.1 Å². The van der Waals surface area contributed by atoms with E-state index < -0.39 is 11.6 Å². The third-order valence-electron chi connectivity index (χ3n) is 3.71. The Balaban J connectivity index is 2.78. The lowest BCUT2D eigenvalue weighted by Crippen LogP contribution is -2.51. The number of hydrogen-bond acceptors (Lipinski definition) is 4. The molecule has 6 heteroatoms. The van der Waals surface area contributed by atoms with Crippen LogP contribution in [0.3, 0.4) is 0 Å². The summed E-state index contributed by atoms with van der Waals surface area (Å²) in [7, 11) is 0. The molecule has 2 amide bonds. The van der Waals surface area contributed by atoms with Crippen molar-refractivity contribution in [3.63, 3.8) is 0 Å². The molecule has 1 rings (SSSR count). The van der Waals surface area contributed by atoms with Crippen molar-refractivity contribution in [1.82, 2.24) is 9.80 Å². The molecule has 1 aliphatic heterocycles. The zero-order valence-electron chi connectivity index (χ0n) is 14.8. The fourth-order valence-corrected chi connectivity index (χ4v) is 2.62. The van der Waals surface area contributed by atoms with E-state index in [0.717, 1.165) is 12.8 Å². The highest BCUT2D eigenvalue weighted by Gasteiger charge is 2.34. The van der Waals surface area contributed by atoms with Gasteiger partial charge in [-0.1, -0.05) is 0 Å². The second kappa shape index (κ2) is 7.31. The molecular weight excluding hydrogens is 282 g/mol. The van der Waals surface area contributed by atoms with Crippen LogP contribution in [-0.4, -0.2) is 58.6 Å². The van der Waals surface area contributed by atoms with Crippen LogP contribution >= 0.6 is 0 Å². The number of rotatable bonds is 4. The SMILES string of the molecule is CC(C)N(C[C@H]1CCCN1C(=O)[C@H](C)N)C(=O)OC(C)(C)C. The van der Waals surface area contributed by atoms with Gasteiger partial charge >= 0.3 is 6.09 Å². The summed E-state index contributed by atoms with van der Waals surface area (Å²) in [6, 6.07) is -0.467. The van der Waals surface area contributed by atoms with Crippen LogP contribution in [0.2, 0.25) is 0 Å². The second-order valence-corrected chi connectivity index (χ2v) is 7.34. The number of hydrogen-bond donors (Lipinski definition) is 1. The fraction of sp³-hybridized carbons (Fsp3) is 0.875. The van der Waals surface area contributed by atoms with Crippen molar-refractivity contribution < 1.29 is 14.3 Å². The summed E-state index contributed by atoms with van der Waals surface area (Å²) in [5.74, 6) is -0.0459. The summed E-state index contributed by atoms with van der Waals surface area (Å²) < 4.78 is 5.47. The van der Waals surface area contributed by atoms with Gasteiger partial charge in [-0.3, -0.25) is 4.79 Å². The van der Waals surface area contributed by atoms with E-state index in [9.17, 15) is 9.59 Å². The zero-order chi connectivity index (χ0) is 17.1. The Kier molecular flexibility index (Phi) is 6.23. The highest BCUT2D eigenvalue weighted by molar-refractivity contribution is 5.81. The fourth-order valence-electron chi connectivity index (χ4n) is 2.62. The molecule has 1 saturated heterocycles. The highest BCUT2D eigenvalue weighted by atomic mass is 16.6. The molecule has 0 aliphatic carbocycles. The Morgan fingerprint density at radius 2 is 1.91 bits per heavy atom. The molecular formula is C16H31N3O3. The van der Waals surface area contributed by atoms with Crippen LogP contribution < -0.4 is 5.73 Å². The van der Waals surface area contributed by atoms with Gasteiger partial charge in [0.25, 0.3) is 0 Å². The first kappa shape index (κ1) is 18.7. The van der Waals surface area contributed by atoms with Gasteiger partial charge in [0.2, 0.25) is 5.91 Å². The van der Waals surface area contributed by atoms with E-state index in [-0.39, 0.29) is 24.1 Å². The number of likely N-dealkylation sites (tertiary alicyclic amines) is 1. The molecule has 22 heavy (non-hydrogen) atoms. The smallest absolute Gasteiger partial charge is 0.410 e. The Morgan fingerprint density at radius 3 is 2.36 bits per heavy atom. The summed E-state index contributed by atoms with van der Waals surface area (Å²) in [4.78, 5) is 28.1. The first-order valence-electron chi connectivity index (χ1n) is 8.08. The molecule has 1 fully saturated rings. The van der Waals surface area contributed by atoms with E-state index in [4.69, 9.17) is 10.5 Å². The molecule has 1 heterocycles.